The molecule has 3 rings (SSSR count). The third-order valence-corrected chi connectivity index (χ3v) is 4.50. The molecule has 0 saturated carbocycles. The zero-order valence-corrected chi connectivity index (χ0v) is 14.2. The highest BCUT2D eigenvalue weighted by Gasteiger charge is 2.16. The van der Waals surface area contributed by atoms with Crippen LogP contribution in [0.25, 0.3) is 10.2 Å². The molecule has 0 spiro atoms. The monoisotopic (exact) mass is 331 g/mol. The molecule has 0 amide bonds. The van der Waals surface area contributed by atoms with Crippen molar-refractivity contribution in [2.75, 3.05) is 0 Å². The molecule has 0 atom stereocenters. The zero-order valence-electron chi connectivity index (χ0n) is 13.3. The first-order valence-corrected chi connectivity index (χ1v) is 8.33. The fraction of sp³-hybridized carbons (Fsp3) is 0.353. The van der Waals surface area contributed by atoms with Crippen molar-refractivity contribution in [2.45, 2.75) is 33.7 Å². The van der Waals surface area contributed by atoms with Gasteiger partial charge >= 0.3 is 0 Å². The van der Waals surface area contributed by atoms with E-state index in [1.54, 1.807) is 10.6 Å². The van der Waals surface area contributed by atoms with Gasteiger partial charge in [-0.2, -0.15) is 4.37 Å². The highest BCUT2D eigenvalue weighted by atomic mass is 32.1. The van der Waals surface area contributed by atoms with Gasteiger partial charge in [-0.15, -0.1) is 0 Å². The van der Waals surface area contributed by atoms with E-state index in [1.807, 2.05) is 13.0 Å². The fourth-order valence-electron chi connectivity index (χ4n) is 2.61. The number of aryl methyl sites for hydroxylation is 1. The topological polar surface area (TPSA) is 47.8 Å². The van der Waals surface area contributed by atoms with E-state index in [2.05, 4.69) is 23.2 Å². The van der Waals surface area contributed by atoms with Gasteiger partial charge in [-0.05, 0) is 42.1 Å². The first kappa shape index (κ1) is 15.8. The molecule has 0 radical (unpaired) electrons. The molecule has 3 aromatic rings. The maximum absolute atomic E-state index is 13.4. The summed E-state index contributed by atoms with van der Waals surface area (Å²) >= 11 is 1.25. The molecular weight excluding hydrogens is 313 g/mol. The van der Waals surface area contributed by atoms with Gasteiger partial charge in [0.1, 0.15) is 11.6 Å². The van der Waals surface area contributed by atoms with Crippen LogP contribution in [0.15, 0.2) is 29.1 Å². The van der Waals surface area contributed by atoms with Gasteiger partial charge in [-0.3, -0.25) is 9.36 Å². The lowest BCUT2D eigenvalue weighted by atomic mass is 10.1. The molecule has 120 valence electrons. The third kappa shape index (κ3) is 3.17. The van der Waals surface area contributed by atoms with Crippen LogP contribution >= 0.6 is 11.5 Å². The molecule has 0 unspecified atom stereocenters. The van der Waals surface area contributed by atoms with Crippen LogP contribution in [0.5, 0.6) is 0 Å². The Balaban J connectivity index is 2.17. The van der Waals surface area contributed by atoms with Gasteiger partial charge in [0.25, 0.3) is 5.56 Å². The lowest BCUT2D eigenvalue weighted by molar-refractivity contribution is 0.572. The predicted molar refractivity (Wildman–Crippen MR) is 90.5 cm³/mol. The second-order valence-electron chi connectivity index (χ2n) is 6.10. The Morgan fingerprint density at radius 1 is 1.35 bits per heavy atom. The van der Waals surface area contributed by atoms with Crippen molar-refractivity contribution in [3.05, 3.63) is 57.5 Å². The second-order valence-corrected chi connectivity index (χ2v) is 6.85. The van der Waals surface area contributed by atoms with Crippen LogP contribution in [-0.2, 0) is 13.0 Å². The molecule has 0 fully saturated rings. The number of aromatic nitrogens is 3. The van der Waals surface area contributed by atoms with Gasteiger partial charge < -0.3 is 0 Å². The molecule has 0 aliphatic rings. The number of nitrogens with zero attached hydrogens (tertiary/aromatic N) is 3. The van der Waals surface area contributed by atoms with Gasteiger partial charge in [0.2, 0.25) is 0 Å². The number of fused-ring (bicyclic) bond motifs is 1. The quantitative estimate of drug-likeness (QED) is 0.734. The minimum absolute atomic E-state index is 0.0961. The van der Waals surface area contributed by atoms with Crippen LogP contribution in [0.4, 0.5) is 4.39 Å². The summed E-state index contributed by atoms with van der Waals surface area (Å²) in [5.41, 5.74) is 1.35. The number of benzene rings is 1. The Morgan fingerprint density at radius 3 is 2.83 bits per heavy atom. The Labute approximate surface area is 137 Å². The minimum Gasteiger partial charge on any atom is -0.292 e. The lowest BCUT2D eigenvalue weighted by Gasteiger charge is -2.14. The van der Waals surface area contributed by atoms with Crippen molar-refractivity contribution in [3.63, 3.8) is 0 Å². The van der Waals surface area contributed by atoms with E-state index in [9.17, 15) is 9.18 Å². The molecule has 1 aromatic carbocycles. The van der Waals surface area contributed by atoms with E-state index in [-0.39, 0.29) is 11.4 Å². The molecule has 0 saturated heterocycles. The lowest BCUT2D eigenvalue weighted by Crippen LogP contribution is -2.26. The van der Waals surface area contributed by atoms with Crippen LogP contribution in [0.2, 0.25) is 0 Å². The molecule has 4 nitrogen and oxygen atoms in total. The largest absolute Gasteiger partial charge is 0.292 e. The minimum atomic E-state index is -0.302. The summed E-state index contributed by atoms with van der Waals surface area (Å²) < 4.78 is 19.3. The van der Waals surface area contributed by atoms with Crippen LogP contribution in [-0.4, -0.2) is 13.9 Å². The second kappa shape index (κ2) is 6.20. The Bertz CT molecular complexity index is 914. The summed E-state index contributed by atoms with van der Waals surface area (Å²) in [7, 11) is 0. The van der Waals surface area contributed by atoms with Crippen LogP contribution in [0.1, 0.15) is 30.9 Å². The van der Waals surface area contributed by atoms with E-state index in [0.29, 0.717) is 34.8 Å². The van der Waals surface area contributed by atoms with E-state index in [0.717, 1.165) is 11.4 Å². The zero-order chi connectivity index (χ0) is 16.6. The van der Waals surface area contributed by atoms with Crippen LogP contribution in [0.3, 0.4) is 0 Å². The summed E-state index contributed by atoms with van der Waals surface area (Å²) in [6, 6.07) is 6.32. The number of hydrogen-bond donors (Lipinski definition) is 0. The molecule has 0 bridgehead atoms. The predicted octanol–water partition coefficient (Wildman–Crippen LogP) is 3.55. The Kier molecular flexibility index (Phi) is 4.26. The maximum atomic E-state index is 13.4. The highest BCUT2D eigenvalue weighted by molar-refractivity contribution is 7.12. The van der Waals surface area contributed by atoms with Gasteiger partial charge in [0.05, 0.1) is 17.6 Å². The van der Waals surface area contributed by atoms with Crippen molar-refractivity contribution in [1.29, 1.82) is 0 Å². The summed E-state index contributed by atoms with van der Waals surface area (Å²) in [5.74, 6) is 0.793. The molecule has 6 heteroatoms. The number of rotatable bonds is 4. The normalized spacial score (nSPS) is 11.5. The number of hydrogen-bond acceptors (Lipinski definition) is 4. The summed E-state index contributed by atoms with van der Waals surface area (Å²) in [4.78, 5) is 18.2. The third-order valence-electron chi connectivity index (χ3n) is 3.67. The first-order chi connectivity index (χ1) is 11.0. The summed E-state index contributed by atoms with van der Waals surface area (Å²) in [5, 5.41) is 0.568. The van der Waals surface area contributed by atoms with Crippen molar-refractivity contribution >= 4 is 21.7 Å². The Morgan fingerprint density at radius 2 is 2.13 bits per heavy atom. The van der Waals surface area contributed by atoms with Gasteiger partial charge in [0, 0.05) is 6.42 Å². The summed E-state index contributed by atoms with van der Waals surface area (Å²) in [6.07, 6.45) is 0.692. The molecular formula is C17H18FN3OS. The van der Waals surface area contributed by atoms with Crippen molar-refractivity contribution in [2.24, 2.45) is 5.92 Å². The van der Waals surface area contributed by atoms with Crippen molar-refractivity contribution in [1.82, 2.24) is 13.9 Å². The molecule has 2 heterocycles. The number of halogens is 1. The standard InChI is InChI=1S/C17H18FN3OS/c1-10(2)7-14-19-16-15(11(3)20-23-16)17(22)21(14)9-12-5-4-6-13(18)8-12/h4-6,8,10H,7,9H2,1-3H3. The van der Waals surface area contributed by atoms with Gasteiger partial charge in [-0.25, -0.2) is 9.37 Å². The van der Waals surface area contributed by atoms with Crippen molar-refractivity contribution in [3.8, 4) is 0 Å². The van der Waals surface area contributed by atoms with E-state index >= 15 is 0 Å². The van der Waals surface area contributed by atoms with E-state index in [4.69, 9.17) is 0 Å². The molecule has 0 aliphatic heterocycles. The molecule has 0 N–H and O–H groups in total. The smallest absolute Gasteiger partial charge is 0.264 e. The van der Waals surface area contributed by atoms with Crippen LogP contribution < -0.4 is 5.56 Å². The van der Waals surface area contributed by atoms with Crippen molar-refractivity contribution < 1.29 is 4.39 Å². The maximum Gasteiger partial charge on any atom is 0.264 e. The average molecular weight is 331 g/mol. The van der Waals surface area contributed by atoms with E-state index in [1.165, 1.54) is 23.7 Å². The molecule has 23 heavy (non-hydrogen) atoms. The fourth-order valence-corrected chi connectivity index (χ4v) is 3.40. The average Bonchev–Trinajstić information content (AvgIpc) is 2.84. The molecule has 2 aromatic heterocycles. The van der Waals surface area contributed by atoms with E-state index < -0.39 is 0 Å². The van der Waals surface area contributed by atoms with Gasteiger partial charge in [0.15, 0.2) is 4.83 Å². The molecule has 0 aliphatic carbocycles. The SMILES string of the molecule is Cc1nsc2nc(CC(C)C)n(Cc3cccc(F)c3)c(=O)c12. The first-order valence-electron chi connectivity index (χ1n) is 7.56. The Hall–Kier alpha value is -2.08. The van der Waals surface area contributed by atoms with Crippen LogP contribution in [0, 0.1) is 18.7 Å². The highest BCUT2D eigenvalue weighted by Crippen LogP contribution is 2.19. The summed E-state index contributed by atoms with van der Waals surface area (Å²) in [6.45, 7) is 6.30. The van der Waals surface area contributed by atoms with Gasteiger partial charge in [-0.1, -0.05) is 26.0 Å².